The minimum atomic E-state index is -4.00. The molecule has 8 nitrogen and oxygen atoms in total. The van der Waals surface area contributed by atoms with E-state index in [-0.39, 0.29) is 11.2 Å². The van der Waals surface area contributed by atoms with Crippen LogP contribution in [0.5, 0.6) is 6.01 Å². The van der Waals surface area contributed by atoms with Gasteiger partial charge in [-0.25, -0.2) is 4.98 Å². The van der Waals surface area contributed by atoms with Crippen molar-refractivity contribution in [2.75, 3.05) is 7.11 Å². The van der Waals surface area contributed by atoms with Crippen LogP contribution in [-0.4, -0.2) is 40.6 Å². The third kappa shape index (κ3) is 1.51. The Morgan fingerprint density at radius 3 is 2.87 bits per heavy atom. The van der Waals surface area contributed by atoms with E-state index in [0.717, 1.165) is 7.11 Å². The molecular weight excluding hydrogens is 224 g/mol. The molecule has 2 aromatic rings. The average Bonchev–Trinajstić information content (AvgIpc) is 2.63. The van der Waals surface area contributed by atoms with E-state index in [2.05, 4.69) is 24.1 Å². The van der Waals surface area contributed by atoms with Crippen molar-refractivity contribution in [3.05, 3.63) is 6.33 Å². The summed E-state index contributed by atoms with van der Waals surface area (Å²) >= 11 is 0. The van der Waals surface area contributed by atoms with Gasteiger partial charge < -0.3 is 10.1 Å². The van der Waals surface area contributed by atoms with Gasteiger partial charge in [0.2, 0.25) is 5.03 Å². The second-order valence-electron chi connectivity index (χ2n) is 2.55. The first-order chi connectivity index (χ1) is 7.04. The molecule has 0 amide bonds. The molecule has 0 bridgehead atoms. The van der Waals surface area contributed by atoms with Crippen LogP contribution in [0, 0.1) is 0 Å². The highest BCUT2D eigenvalue weighted by Gasteiger charge is 2.22. The maximum Gasteiger partial charge on any atom is 0.317 e. The third-order valence-electron chi connectivity index (χ3n) is 1.70. The molecule has 80 valence electrons. The number of fused-ring (bicyclic) bond motifs is 1. The van der Waals surface area contributed by atoms with Crippen molar-refractivity contribution in [2.45, 2.75) is 5.03 Å². The van der Waals surface area contributed by atoms with Crippen molar-refractivity contribution >= 4 is 21.3 Å². The number of rotatable bonds is 2. The van der Waals surface area contributed by atoms with Crippen molar-refractivity contribution in [2.24, 2.45) is 0 Å². The van der Waals surface area contributed by atoms with Gasteiger partial charge in [0.25, 0.3) is 0 Å². The van der Waals surface area contributed by atoms with Crippen LogP contribution in [0.1, 0.15) is 0 Å². The van der Waals surface area contributed by atoms with E-state index >= 15 is 0 Å². The first-order valence-corrected chi connectivity index (χ1v) is 5.16. The van der Waals surface area contributed by atoms with Gasteiger partial charge in [-0.15, -0.1) is 0 Å². The Labute approximate surface area is 84.1 Å². The summed E-state index contributed by atoms with van der Waals surface area (Å²) in [6.07, 6.45) is 1.24. The third-order valence-corrected chi connectivity index (χ3v) is 2.90. The molecule has 0 saturated carbocycles. The predicted molar refractivity (Wildman–Crippen MR) is 47.5 cm³/mol. The Hall–Kier alpha value is -1.74. The van der Waals surface area contributed by atoms with Gasteiger partial charge in [0.15, 0.2) is 5.65 Å². The minimum Gasteiger partial charge on any atom is -0.479 e. The molecule has 0 aromatic carbocycles. The Morgan fingerprint density at radius 1 is 1.47 bits per heavy atom. The summed E-state index contributed by atoms with van der Waals surface area (Å²) in [5.41, 5.74) is 0.146. The zero-order valence-corrected chi connectivity index (χ0v) is 8.32. The van der Waals surface area contributed by atoms with Crippen LogP contribution in [0.4, 0.5) is 0 Å². The summed E-state index contributed by atoms with van der Waals surface area (Å²) < 4.78 is 27.1. The van der Waals surface area contributed by atoms with Gasteiger partial charge in [0, 0.05) is 0 Å². The second kappa shape index (κ2) is 3.14. The van der Waals surface area contributed by atoms with Crippen LogP contribution < -0.4 is 0 Å². The summed E-state index contributed by atoms with van der Waals surface area (Å²) in [7, 11) is -3.00. The number of nitrogens with zero attached hydrogens (tertiary/aromatic N) is 3. The van der Waals surface area contributed by atoms with Crippen molar-refractivity contribution in [1.82, 2.24) is 19.9 Å². The van der Waals surface area contributed by atoms with E-state index in [1.165, 1.54) is 6.33 Å². The number of aromatic nitrogens is 4. The van der Waals surface area contributed by atoms with E-state index in [9.17, 15) is 8.42 Å². The molecule has 9 heteroatoms. The summed E-state index contributed by atoms with van der Waals surface area (Å²) in [6.45, 7) is 0. The Balaban J connectivity index is 2.85. The highest BCUT2D eigenvalue weighted by molar-refractivity contribution is 7.86. The molecule has 2 N–H and O–H groups in total. The molecule has 0 spiro atoms. The molecular formula is C6H6N4O4S. The van der Waals surface area contributed by atoms with Crippen molar-refractivity contribution in [3.8, 4) is 6.01 Å². The number of H-pyrrole nitrogens is 1. The lowest BCUT2D eigenvalue weighted by Crippen LogP contribution is -2.07. The molecule has 0 radical (unpaired) electrons. The second-order valence-corrected chi connectivity index (χ2v) is 4.18. The number of hydrogen-bond donors (Lipinski definition) is 2. The van der Waals surface area contributed by atoms with E-state index in [1.807, 2.05) is 0 Å². The lowest BCUT2D eigenvalue weighted by atomic mass is 10.6. The molecule has 2 aromatic heterocycles. The van der Waals surface area contributed by atoms with Crippen LogP contribution >= 0.6 is 0 Å². The van der Waals surface area contributed by atoms with Crippen LogP contribution in [0.2, 0.25) is 0 Å². The van der Waals surface area contributed by atoms with Gasteiger partial charge in [0.1, 0.15) is 5.52 Å². The van der Waals surface area contributed by atoms with E-state index in [4.69, 9.17) is 5.11 Å². The standard InChI is InChI=1S/C6H6N4O4S/c1-14-15(12,13)5-3-4(8-2-7-3)9-6(11)10-5/h2H,1H3,(H2,7,8,9,10,11). The van der Waals surface area contributed by atoms with E-state index < -0.39 is 21.2 Å². The van der Waals surface area contributed by atoms with Crippen molar-refractivity contribution in [3.63, 3.8) is 0 Å². The Kier molecular flexibility index (Phi) is 2.05. The monoisotopic (exact) mass is 230 g/mol. The molecule has 0 aliphatic rings. The maximum atomic E-state index is 11.4. The summed E-state index contributed by atoms with van der Waals surface area (Å²) in [5.74, 6) is 0. The molecule has 0 aliphatic carbocycles. The molecule has 2 heterocycles. The van der Waals surface area contributed by atoms with E-state index in [1.54, 1.807) is 0 Å². The lowest BCUT2D eigenvalue weighted by Gasteiger charge is -2.01. The van der Waals surface area contributed by atoms with E-state index in [0.29, 0.717) is 0 Å². The topological polar surface area (TPSA) is 118 Å². The Bertz CT molecular complexity index is 605. The Morgan fingerprint density at radius 2 is 2.20 bits per heavy atom. The number of nitrogens with one attached hydrogen (secondary N) is 1. The maximum absolute atomic E-state index is 11.4. The molecule has 0 saturated heterocycles. The number of aromatic amines is 1. The zero-order chi connectivity index (χ0) is 11.1. The number of aromatic hydroxyl groups is 1. The smallest absolute Gasteiger partial charge is 0.317 e. The zero-order valence-electron chi connectivity index (χ0n) is 7.50. The molecule has 15 heavy (non-hydrogen) atoms. The van der Waals surface area contributed by atoms with Crippen LogP contribution in [0.15, 0.2) is 11.4 Å². The molecule has 0 aliphatic heterocycles. The fraction of sp³-hybridized carbons (Fsp3) is 0.167. The molecule has 0 fully saturated rings. The van der Waals surface area contributed by atoms with Gasteiger partial charge in [-0.2, -0.15) is 18.4 Å². The molecule has 0 unspecified atom stereocenters. The summed E-state index contributed by atoms with van der Waals surface area (Å²) in [6, 6.07) is -0.676. The van der Waals surface area contributed by atoms with Crippen molar-refractivity contribution < 1.29 is 17.7 Å². The summed E-state index contributed by atoms with van der Waals surface area (Å²) in [4.78, 5) is 13.2. The van der Waals surface area contributed by atoms with Gasteiger partial charge in [-0.1, -0.05) is 0 Å². The fourth-order valence-corrected chi connectivity index (χ4v) is 1.81. The quantitative estimate of drug-likeness (QED) is 0.522. The van der Waals surface area contributed by atoms with Gasteiger partial charge in [-0.3, -0.25) is 4.18 Å². The van der Waals surface area contributed by atoms with Crippen molar-refractivity contribution in [1.29, 1.82) is 0 Å². The SMILES string of the molecule is COS(=O)(=O)c1nc(O)nc2nc[nH]c12. The van der Waals surface area contributed by atoms with Gasteiger partial charge in [-0.05, 0) is 0 Å². The van der Waals surface area contributed by atoms with Gasteiger partial charge >= 0.3 is 16.1 Å². The predicted octanol–water partition coefficient (Wildman–Crippen LogP) is -0.606. The van der Waals surface area contributed by atoms with Crippen LogP contribution in [0.25, 0.3) is 11.2 Å². The lowest BCUT2D eigenvalue weighted by molar-refractivity contribution is 0.389. The number of imidazole rings is 1. The summed E-state index contributed by atoms with van der Waals surface area (Å²) in [5, 5.41) is 8.65. The minimum absolute atomic E-state index is 0.0538. The van der Waals surface area contributed by atoms with Gasteiger partial charge in [0.05, 0.1) is 13.4 Å². The first-order valence-electron chi connectivity index (χ1n) is 3.75. The fourth-order valence-electron chi connectivity index (χ4n) is 1.06. The molecule has 0 atom stereocenters. The highest BCUT2D eigenvalue weighted by atomic mass is 32.2. The first kappa shape index (κ1) is 9.80. The van der Waals surface area contributed by atoms with Crippen LogP contribution in [0.3, 0.4) is 0 Å². The highest BCUT2D eigenvalue weighted by Crippen LogP contribution is 2.19. The number of hydrogen-bond acceptors (Lipinski definition) is 7. The normalized spacial score (nSPS) is 12.1. The largest absolute Gasteiger partial charge is 0.479 e. The van der Waals surface area contributed by atoms with Crippen LogP contribution in [-0.2, 0) is 14.3 Å². The molecule has 2 rings (SSSR count). The average molecular weight is 230 g/mol.